The van der Waals surface area contributed by atoms with Gasteiger partial charge in [0.15, 0.2) is 0 Å². The number of rotatable bonds is 15. The van der Waals surface area contributed by atoms with Crippen molar-refractivity contribution in [1.82, 2.24) is 0 Å². The number of esters is 2. The molecule has 75 heavy (non-hydrogen) atoms. The second kappa shape index (κ2) is 25.8. The number of methoxy groups -OCH3 is 3. The standard InChI is InChI=1S/C32H32N2O4.C30H38BNO5/c1-37-30-17-16-27(20-28(30)21-33)25-14-11-24(12-15-25)22-34(32(36)26-8-4-3-5-9-26)29-10-6-7-23(19-29)13-18-31(35)38-2;1-29(2)30(3,4)37-31(36-29)25-17-14-23(15-18-25)21-32(28(34)24-11-7-6-8-12-24)26-13-9-10-22(20-26)16-19-27(33)35-5/h6-7,10-20,26H,3-5,8-9,22H2,1-2H3;9-10,13-20,24H,6-8,11-12,21H2,1-5H3/b18-13+;19-16+. The maximum atomic E-state index is 13.7. The lowest BCUT2D eigenvalue weighted by Crippen LogP contribution is -2.41. The number of nitrogens with zero attached hydrogens (tertiary/aromatic N) is 3. The molecule has 0 N–H and O–H groups in total. The minimum absolute atomic E-state index is 0.0148. The summed E-state index contributed by atoms with van der Waals surface area (Å²) < 4.78 is 27.1. The lowest BCUT2D eigenvalue weighted by Gasteiger charge is -2.32. The summed E-state index contributed by atoms with van der Waals surface area (Å²) in [6.07, 6.45) is 16.6. The minimum Gasteiger partial charge on any atom is -0.495 e. The molecule has 3 aliphatic rings. The predicted molar refractivity (Wildman–Crippen MR) is 296 cm³/mol. The Morgan fingerprint density at radius 3 is 1.47 bits per heavy atom. The van der Waals surface area contributed by atoms with Crippen molar-refractivity contribution in [2.45, 2.75) is 116 Å². The third-order valence-electron chi connectivity index (χ3n) is 14.8. The number of carbonyl (C=O) groups is 4. The van der Waals surface area contributed by atoms with Gasteiger partial charge in [0, 0.05) is 35.4 Å². The minimum atomic E-state index is -0.426. The largest absolute Gasteiger partial charge is 0.495 e. The Balaban J connectivity index is 0.000000219. The van der Waals surface area contributed by atoms with Gasteiger partial charge in [-0.2, -0.15) is 5.26 Å². The van der Waals surface area contributed by atoms with E-state index in [0.29, 0.717) is 24.4 Å². The van der Waals surface area contributed by atoms with Crippen molar-refractivity contribution < 1.29 is 42.7 Å². The van der Waals surface area contributed by atoms with Gasteiger partial charge >= 0.3 is 19.1 Å². The summed E-state index contributed by atoms with van der Waals surface area (Å²) in [5.74, 6) is 0.0500. The molecule has 0 unspecified atom stereocenters. The van der Waals surface area contributed by atoms with Crippen molar-refractivity contribution in [2.75, 3.05) is 31.1 Å². The number of carbonyl (C=O) groups excluding carboxylic acids is 4. The van der Waals surface area contributed by atoms with Crippen LogP contribution in [0.5, 0.6) is 5.75 Å². The zero-order chi connectivity index (χ0) is 53.5. The van der Waals surface area contributed by atoms with Crippen LogP contribution in [0.2, 0.25) is 0 Å². The van der Waals surface area contributed by atoms with E-state index in [0.717, 1.165) is 102 Å². The van der Waals surface area contributed by atoms with Gasteiger partial charge in [-0.3, -0.25) is 9.59 Å². The predicted octanol–water partition coefficient (Wildman–Crippen LogP) is 11.8. The molecule has 0 bridgehead atoms. The van der Waals surface area contributed by atoms with E-state index in [1.807, 2.05) is 147 Å². The summed E-state index contributed by atoms with van der Waals surface area (Å²) in [6.45, 7) is 9.08. The maximum absolute atomic E-state index is 13.7. The molecule has 1 heterocycles. The molecule has 0 radical (unpaired) electrons. The monoisotopic (exact) mass is 1010 g/mol. The van der Waals surface area contributed by atoms with Crippen LogP contribution in [0.1, 0.15) is 120 Å². The highest BCUT2D eigenvalue weighted by Crippen LogP contribution is 2.37. The van der Waals surface area contributed by atoms with Gasteiger partial charge < -0.3 is 33.3 Å². The summed E-state index contributed by atoms with van der Waals surface area (Å²) in [5.41, 5.74) is 7.85. The SMILES string of the molecule is COC(=O)/C=C/c1cccc(N(Cc2ccc(-c3ccc(OC)c(C#N)c3)cc2)C(=O)C2CCCCC2)c1.COC(=O)/C=C/c1cccc(N(Cc2ccc(B3OC(C)(C)C(C)(C)O3)cc2)C(=O)C2CCCCC2)c1. The third-order valence-corrected chi connectivity index (χ3v) is 14.8. The van der Waals surface area contributed by atoms with Crippen molar-refractivity contribution in [3.05, 3.63) is 155 Å². The van der Waals surface area contributed by atoms with Crippen LogP contribution in [-0.2, 0) is 51.1 Å². The Labute approximate surface area is 443 Å². The van der Waals surface area contributed by atoms with Crippen LogP contribution in [0, 0.1) is 23.2 Å². The molecule has 0 atom stereocenters. The molecule has 2 aliphatic carbocycles. The van der Waals surface area contributed by atoms with Gasteiger partial charge in [-0.05, 0) is 141 Å². The summed E-state index contributed by atoms with van der Waals surface area (Å²) in [7, 11) is 3.83. The van der Waals surface area contributed by atoms with Crippen molar-refractivity contribution in [1.29, 1.82) is 5.26 Å². The first-order chi connectivity index (χ1) is 36.1. The van der Waals surface area contributed by atoms with Crippen molar-refractivity contribution in [3.63, 3.8) is 0 Å². The summed E-state index contributed by atoms with van der Waals surface area (Å²) in [4.78, 5) is 54.3. The fraction of sp³-hybridized carbons (Fsp3) is 0.371. The molecule has 5 aromatic carbocycles. The Hall–Kier alpha value is -7.27. The summed E-state index contributed by atoms with van der Waals surface area (Å²) in [5, 5.41) is 9.43. The van der Waals surface area contributed by atoms with Gasteiger partial charge in [0.05, 0.1) is 51.2 Å². The molecule has 5 aromatic rings. The molecule has 12 nitrogen and oxygen atoms in total. The normalized spacial score (nSPS) is 16.4. The van der Waals surface area contributed by atoms with E-state index in [1.54, 1.807) is 25.3 Å². The van der Waals surface area contributed by atoms with Crippen LogP contribution >= 0.6 is 0 Å². The molecule has 1 aliphatic heterocycles. The van der Waals surface area contributed by atoms with Crippen molar-refractivity contribution in [2.24, 2.45) is 11.8 Å². The fourth-order valence-corrected chi connectivity index (χ4v) is 9.69. The van der Waals surface area contributed by atoms with Gasteiger partial charge in [0.25, 0.3) is 0 Å². The van der Waals surface area contributed by atoms with Crippen LogP contribution in [0.15, 0.2) is 127 Å². The fourth-order valence-electron chi connectivity index (χ4n) is 9.69. The van der Waals surface area contributed by atoms with Crippen LogP contribution in [0.4, 0.5) is 11.4 Å². The maximum Gasteiger partial charge on any atom is 0.494 e. The van der Waals surface area contributed by atoms with Crippen molar-refractivity contribution in [3.8, 4) is 22.9 Å². The highest BCUT2D eigenvalue weighted by molar-refractivity contribution is 6.62. The molecule has 1 saturated heterocycles. The lowest BCUT2D eigenvalue weighted by molar-refractivity contribution is -0.135. The molecule has 0 aromatic heterocycles. The lowest BCUT2D eigenvalue weighted by atomic mass is 9.79. The quantitative estimate of drug-likeness (QED) is 0.0564. The topological polar surface area (TPSA) is 145 Å². The Morgan fingerprint density at radius 2 is 1.04 bits per heavy atom. The smallest absolute Gasteiger partial charge is 0.494 e. The zero-order valence-corrected chi connectivity index (χ0v) is 44.5. The third kappa shape index (κ3) is 14.5. The average molecular weight is 1010 g/mol. The number of nitriles is 1. The van der Waals surface area contributed by atoms with Crippen LogP contribution in [0.25, 0.3) is 23.3 Å². The highest BCUT2D eigenvalue weighted by atomic mass is 16.7. The number of amides is 2. The molecule has 2 amide bonds. The molecule has 2 saturated carbocycles. The summed E-state index contributed by atoms with van der Waals surface area (Å²) in [6, 6.07) is 39.3. The molecule has 390 valence electrons. The Bertz CT molecular complexity index is 2860. The van der Waals surface area contributed by atoms with Crippen LogP contribution < -0.4 is 20.0 Å². The molecule has 0 spiro atoms. The van der Waals surface area contributed by atoms with Crippen molar-refractivity contribution >= 4 is 59.9 Å². The first-order valence-corrected chi connectivity index (χ1v) is 26.1. The van der Waals surface area contributed by atoms with E-state index in [1.165, 1.54) is 39.2 Å². The Kier molecular flexibility index (Phi) is 19.1. The zero-order valence-electron chi connectivity index (χ0n) is 44.5. The van der Waals surface area contributed by atoms with Gasteiger partial charge in [0.1, 0.15) is 11.8 Å². The molecular weight excluding hydrogens is 942 g/mol. The van der Waals surface area contributed by atoms with E-state index < -0.39 is 30.3 Å². The second-order valence-electron chi connectivity index (χ2n) is 20.5. The van der Waals surface area contributed by atoms with Crippen LogP contribution in [0.3, 0.4) is 0 Å². The molecule has 3 fully saturated rings. The average Bonchev–Trinajstić information content (AvgIpc) is 3.68. The van der Waals surface area contributed by atoms with E-state index in [2.05, 4.69) is 6.07 Å². The van der Waals surface area contributed by atoms with Gasteiger partial charge in [-0.1, -0.05) is 117 Å². The van der Waals surface area contributed by atoms with E-state index in [-0.39, 0.29) is 23.7 Å². The first-order valence-electron chi connectivity index (χ1n) is 26.1. The van der Waals surface area contributed by atoms with E-state index in [9.17, 15) is 24.4 Å². The molecular formula is C62H70BN3O9. The molecule has 8 rings (SSSR count). The number of ether oxygens (including phenoxy) is 3. The van der Waals surface area contributed by atoms with E-state index >= 15 is 0 Å². The second-order valence-corrected chi connectivity index (χ2v) is 20.5. The number of hydrogen-bond acceptors (Lipinski definition) is 10. The Morgan fingerprint density at radius 1 is 0.600 bits per heavy atom. The first kappa shape index (κ1) is 55.5. The van der Waals surface area contributed by atoms with Gasteiger partial charge in [-0.25, -0.2) is 9.59 Å². The van der Waals surface area contributed by atoms with E-state index in [4.69, 9.17) is 23.5 Å². The summed E-state index contributed by atoms with van der Waals surface area (Å²) >= 11 is 0. The molecule has 13 heteroatoms. The number of benzene rings is 5. The number of anilines is 2. The van der Waals surface area contributed by atoms with Gasteiger partial charge in [-0.15, -0.1) is 0 Å². The highest BCUT2D eigenvalue weighted by Gasteiger charge is 2.51. The van der Waals surface area contributed by atoms with Gasteiger partial charge in [0.2, 0.25) is 11.8 Å². The number of hydrogen-bond donors (Lipinski definition) is 0. The van der Waals surface area contributed by atoms with Crippen LogP contribution in [-0.4, -0.2) is 63.4 Å².